The first-order valence-corrected chi connectivity index (χ1v) is 26.6. The number of carbonyl (C=O) groups excluding carboxylic acids is 1. The quantitative estimate of drug-likeness (QED) is 0.107. The molecule has 26 atom stereocenters. The second-order valence-corrected chi connectivity index (χ2v) is 22.1. The van der Waals surface area contributed by atoms with Crippen molar-refractivity contribution >= 4 is 16.6 Å². The molecule has 5 fully saturated rings. The van der Waals surface area contributed by atoms with E-state index in [1.54, 1.807) is 46.8 Å². The Hall–Kier alpha value is -3.03. The smallest absolute Gasteiger partial charge is 0.202 e. The van der Waals surface area contributed by atoms with Gasteiger partial charge in [-0.1, -0.05) is 0 Å². The summed E-state index contributed by atoms with van der Waals surface area (Å²) in [6.45, 7) is 12.4. The number of aliphatic hydroxyl groups excluding tert-OH is 8. The van der Waals surface area contributed by atoms with Crippen LogP contribution in [0.15, 0.2) is 12.1 Å². The molecular weight excluding hydrogens is 1020 g/mol. The molecular formula is C53H80O24. The normalized spacial score (nSPS) is 42.6. The summed E-state index contributed by atoms with van der Waals surface area (Å²) in [6, 6.07) is 3.11. The Balaban J connectivity index is 1.04. The fraction of sp³-hybridized carbons (Fsp3) is 0.792. The van der Waals surface area contributed by atoms with Crippen LogP contribution in [0.5, 0.6) is 17.2 Å². The van der Waals surface area contributed by atoms with E-state index in [-0.39, 0.29) is 71.7 Å². The van der Waals surface area contributed by atoms with Gasteiger partial charge in [-0.2, -0.15) is 0 Å². The van der Waals surface area contributed by atoms with E-state index >= 15 is 4.79 Å². The lowest BCUT2D eigenvalue weighted by molar-refractivity contribution is -0.334. The Morgan fingerprint density at radius 1 is 0.662 bits per heavy atom. The number of aromatic hydroxyl groups is 2. The zero-order chi connectivity index (χ0) is 56.3. The van der Waals surface area contributed by atoms with Crippen molar-refractivity contribution in [3.63, 3.8) is 0 Å². The first-order valence-electron chi connectivity index (χ1n) is 26.6. The van der Waals surface area contributed by atoms with Gasteiger partial charge in [0.05, 0.1) is 83.7 Å². The van der Waals surface area contributed by atoms with E-state index in [9.17, 15) is 56.2 Å². The summed E-state index contributed by atoms with van der Waals surface area (Å²) in [5.41, 5.74) is -1.35. The number of benzene rings is 2. The highest BCUT2D eigenvalue weighted by Gasteiger charge is 2.51. The Bertz CT molecular complexity index is 2320. The van der Waals surface area contributed by atoms with Gasteiger partial charge in [-0.3, -0.25) is 4.79 Å². The highest BCUT2D eigenvalue weighted by molar-refractivity contribution is 6.11. The molecule has 1 aliphatic carbocycles. The minimum Gasteiger partial charge on any atom is -0.507 e. The number of ketones is 1. The van der Waals surface area contributed by atoms with Gasteiger partial charge in [-0.15, -0.1) is 0 Å². The molecule has 24 heteroatoms. The van der Waals surface area contributed by atoms with Crippen LogP contribution in [0.4, 0.5) is 0 Å². The standard InChI is InChI=1S/C53H80O24/c1-19-30(73-35-15-31(43(58)21(3)68-35)74-34-14-29(55)49(66-9)24(6)71-34)13-27-11-26-12-28(50(67-10)48(63)42(57)20(2)54)51(47(62)40(26)46(61)39(27)41(19)56)77-37-17-32(44(59)23(5)70-37)75-36-16-33(45(60)22(4)69-36)76-38-18-53(8,65)52(64)25(7)72-38/h11,13,20-25,28-29,31-38,42-45,48-52,54-61,63-65H,12,14-18H2,1-10H3. The number of rotatable bonds is 16. The van der Waals surface area contributed by atoms with Crippen molar-refractivity contribution in [1.29, 1.82) is 0 Å². The third-order valence-electron chi connectivity index (χ3n) is 16.3. The van der Waals surface area contributed by atoms with E-state index in [2.05, 4.69) is 0 Å². The number of carbonyl (C=O) groups is 1. The molecule has 8 rings (SSSR count). The second-order valence-electron chi connectivity index (χ2n) is 22.1. The predicted octanol–water partition coefficient (Wildman–Crippen LogP) is 0.197. The molecule has 5 heterocycles. The molecule has 5 saturated heterocycles. The molecule has 26 unspecified atom stereocenters. The number of hydrogen-bond acceptors (Lipinski definition) is 24. The van der Waals surface area contributed by atoms with Gasteiger partial charge >= 0.3 is 0 Å². The topological polar surface area (TPSA) is 350 Å². The molecule has 0 aromatic heterocycles. The Labute approximate surface area is 446 Å². The highest BCUT2D eigenvalue weighted by Crippen LogP contribution is 2.48. The van der Waals surface area contributed by atoms with Gasteiger partial charge in [-0.25, -0.2) is 0 Å². The average molecular weight is 1100 g/mol. The largest absolute Gasteiger partial charge is 0.507 e. The van der Waals surface area contributed by atoms with Crippen LogP contribution in [0, 0.1) is 12.8 Å². The number of phenols is 2. The number of fused-ring (bicyclic) bond motifs is 2. The number of phenolic OH excluding ortho intramolecular Hbond substituents is 2. The lowest BCUT2D eigenvalue weighted by Gasteiger charge is -2.46. The molecule has 0 bridgehead atoms. The SMILES string of the molecule is COC1C(O)CC(OC2CC(Oc3cc4cc5c(c(O)c4c(O)c3C)C(=O)C(OC3CC(OC4CC(OC6CC(C)(O)C(O)C(C)O6)C(O)C(C)O4)C(O)C(C)O3)C(C(OC)C(O)C(O)C(C)O)C5)OC(C)C2O)OC1C. The maximum Gasteiger partial charge on any atom is 0.202 e. The van der Waals surface area contributed by atoms with Gasteiger partial charge in [0.15, 0.2) is 30.9 Å². The van der Waals surface area contributed by atoms with Crippen molar-refractivity contribution < 1.29 is 118 Å². The van der Waals surface area contributed by atoms with Crippen molar-refractivity contribution in [3.05, 3.63) is 28.8 Å². The van der Waals surface area contributed by atoms with Gasteiger partial charge < -0.3 is 113 Å². The van der Waals surface area contributed by atoms with Gasteiger partial charge in [0, 0.05) is 57.8 Å². The lowest BCUT2D eigenvalue weighted by atomic mass is 9.74. The molecule has 0 saturated carbocycles. The molecule has 6 aliphatic rings. The molecule has 436 valence electrons. The van der Waals surface area contributed by atoms with Crippen molar-refractivity contribution in [1.82, 2.24) is 0 Å². The molecule has 77 heavy (non-hydrogen) atoms. The van der Waals surface area contributed by atoms with E-state index in [1.807, 2.05) is 0 Å². The van der Waals surface area contributed by atoms with Crippen molar-refractivity contribution in [3.8, 4) is 17.2 Å². The number of hydrogen-bond donors (Lipinski definition) is 11. The van der Waals surface area contributed by atoms with Crippen LogP contribution in [-0.2, 0) is 58.5 Å². The van der Waals surface area contributed by atoms with E-state index in [0.29, 0.717) is 0 Å². The number of methoxy groups -OCH3 is 2. The first kappa shape index (κ1) is 60.1. The summed E-state index contributed by atoms with van der Waals surface area (Å²) in [5, 5.41) is 122. The summed E-state index contributed by atoms with van der Waals surface area (Å²) in [5.74, 6) is -2.85. The Kier molecular flexibility index (Phi) is 18.9. The van der Waals surface area contributed by atoms with Crippen LogP contribution in [0.3, 0.4) is 0 Å². The van der Waals surface area contributed by atoms with E-state index in [0.717, 1.165) is 0 Å². The lowest BCUT2D eigenvalue weighted by Crippen LogP contribution is -2.58. The predicted molar refractivity (Wildman–Crippen MR) is 264 cm³/mol. The van der Waals surface area contributed by atoms with E-state index < -0.39 is 176 Å². The Morgan fingerprint density at radius 2 is 1.17 bits per heavy atom. The van der Waals surface area contributed by atoms with Crippen molar-refractivity contribution in [2.75, 3.05) is 14.2 Å². The Morgan fingerprint density at radius 3 is 1.70 bits per heavy atom. The average Bonchev–Trinajstić information content (AvgIpc) is 3.36. The van der Waals surface area contributed by atoms with E-state index in [1.165, 1.54) is 35.0 Å². The van der Waals surface area contributed by atoms with Crippen LogP contribution >= 0.6 is 0 Å². The number of aliphatic hydroxyl groups is 9. The maximum absolute atomic E-state index is 15.1. The van der Waals surface area contributed by atoms with E-state index in [4.69, 9.17) is 56.8 Å². The van der Waals surface area contributed by atoms with Crippen molar-refractivity contribution in [2.24, 2.45) is 5.92 Å². The van der Waals surface area contributed by atoms with Crippen LogP contribution in [0.25, 0.3) is 10.8 Å². The maximum atomic E-state index is 15.1. The monoisotopic (exact) mass is 1100 g/mol. The van der Waals surface area contributed by atoms with Gasteiger partial charge in [0.1, 0.15) is 66.1 Å². The number of Topliss-reactive ketones (excluding diaryl/α,β-unsaturated/α-hetero) is 1. The molecule has 5 aliphatic heterocycles. The molecule has 0 spiro atoms. The van der Waals surface area contributed by atoms with Crippen LogP contribution in [-0.4, -0.2) is 229 Å². The minimum atomic E-state index is -1.78. The molecule has 24 nitrogen and oxygen atoms in total. The summed E-state index contributed by atoms with van der Waals surface area (Å²) in [4.78, 5) is 15.1. The van der Waals surface area contributed by atoms with Gasteiger partial charge in [0.2, 0.25) is 6.29 Å². The molecule has 11 N–H and O–H groups in total. The molecule has 2 aromatic rings. The van der Waals surface area contributed by atoms with Crippen molar-refractivity contribution in [2.45, 2.75) is 247 Å². The summed E-state index contributed by atoms with van der Waals surface area (Å²) >= 11 is 0. The zero-order valence-corrected chi connectivity index (χ0v) is 45.1. The van der Waals surface area contributed by atoms with Gasteiger partial charge in [0.25, 0.3) is 0 Å². The molecule has 2 aromatic carbocycles. The third kappa shape index (κ3) is 12.4. The fourth-order valence-electron chi connectivity index (χ4n) is 11.8. The molecule has 0 radical (unpaired) electrons. The fourth-order valence-corrected chi connectivity index (χ4v) is 11.8. The minimum absolute atomic E-state index is 0.00466. The summed E-state index contributed by atoms with van der Waals surface area (Å²) < 4.78 is 72.6. The zero-order valence-electron chi connectivity index (χ0n) is 45.1. The molecule has 0 amide bonds. The third-order valence-corrected chi connectivity index (χ3v) is 16.3. The highest BCUT2D eigenvalue weighted by atomic mass is 16.7. The van der Waals surface area contributed by atoms with Crippen LogP contribution < -0.4 is 4.74 Å². The summed E-state index contributed by atoms with van der Waals surface area (Å²) in [6.07, 6.45) is -26.5. The second kappa shape index (κ2) is 24.2. The number of ether oxygens (including phenoxy) is 12. The first-order chi connectivity index (χ1) is 36.2. The van der Waals surface area contributed by atoms with Crippen LogP contribution in [0.2, 0.25) is 0 Å². The van der Waals surface area contributed by atoms with Crippen LogP contribution in [0.1, 0.15) is 102 Å². The van der Waals surface area contributed by atoms with Gasteiger partial charge in [-0.05, 0) is 84.9 Å². The summed E-state index contributed by atoms with van der Waals surface area (Å²) in [7, 11) is 2.72.